The van der Waals surface area contributed by atoms with Crippen molar-refractivity contribution in [2.24, 2.45) is 0 Å². The first-order valence-corrected chi connectivity index (χ1v) is 10.1. The van der Waals surface area contributed by atoms with Crippen molar-refractivity contribution < 1.29 is 4.74 Å². The minimum absolute atomic E-state index is 0.0903. The van der Waals surface area contributed by atoms with E-state index in [1.165, 1.54) is 11.3 Å². The molecule has 3 heterocycles. The Morgan fingerprint density at radius 3 is 3.00 bits per heavy atom. The van der Waals surface area contributed by atoms with Crippen molar-refractivity contribution in [3.05, 3.63) is 51.8 Å². The average molecular weight is 395 g/mol. The highest BCUT2D eigenvalue weighted by Gasteiger charge is 2.21. The minimum Gasteiger partial charge on any atom is -0.377 e. The van der Waals surface area contributed by atoms with Crippen molar-refractivity contribution in [1.82, 2.24) is 9.55 Å². The summed E-state index contributed by atoms with van der Waals surface area (Å²) in [5.41, 5.74) is 1.97. The molecule has 0 bridgehead atoms. The Balaban J connectivity index is 1.87. The number of nitrogens with zero attached hydrogens (tertiary/aromatic N) is 4. The second kappa shape index (κ2) is 8.00. The molecule has 1 N–H and O–H groups in total. The number of nitrogens with one attached hydrogen (secondary N) is 1. The van der Waals surface area contributed by atoms with Gasteiger partial charge in [-0.25, -0.2) is 4.98 Å². The molecule has 4 rings (SSSR count). The molecule has 1 aromatic carbocycles. The molecule has 0 saturated carbocycles. The second-order valence-electron chi connectivity index (χ2n) is 6.58. The lowest BCUT2D eigenvalue weighted by molar-refractivity contribution is 0.105. The van der Waals surface area contributed by atoms with Gasteiger partial charge in [-0.05, 0) is 31.0 Å². The summed E-state index contributed by atoms with van der Waals surface area (Å²) in [5, 5.41) is 13.6. The van der Waals surface area contributed by atoms with Crippen LogP contribution in [0.1, 0.15) is 24.5 Å². The van der Waals surface area contributed by atoms with Crippen molar-refractivity contribution in [3.63, 3.8) is 0 Å². The number of anilines is 2. The van der Waals surface area contributed by atoms with Gasteiger partial charge in [0.25, 0.3) is 5.56 Å². The number of aromatic nitrogens is 2. The summed E-state index contributed by atoms with van der Waals surface area (Å²) in [6.07, 6.45) is 0.884. The predicted octanol–water partition coefficient (Wildman–Crippen LogP) is 2.99. The third-order valence-corrected chi connectivity index (χ3v) is 5.75. The summed E-state index contributed by atoms with van der Waals surface area (Å²) in [5.74, 6) is 0.589. The van der Waals surface area contributed by atoms with Crippen LogP contribution in [0.2, 0.25) is 0 Å². The van der Waals surface area contributed by atoms with Gasteiger partial charge in [-0.2, -0.15) is 5.26 Å². The zero-order chi connectivity index (χ0) is 19.5. The van der Waals surface area contributed by atoms with E-state index in [2.05, 4.69) is 11.4 Å². The van der Waals surface area contributed by atoms with Gasteiger partial charge >= 0.3 is 0 Å². The predicted molar refractivity (Wildman–Crippen MR) is 111 cm³/mol. The molecular formula is C20H21N5O2S. The average Bonchev–Trinajstić information content (AvgIpc) is 3.14. The Labute approximate surface area is 166 Å². The first kappa shape index (κ1) is 18.5. The minimum atomic E-state index is -0.0903. The maximum absolute atomic E-state index is 13.4. The van der Waals surface area contributed by atoms with Gasteiger partial charge in [-0.15, -0.1) is 11.3 Å². The van der Waals surface area contributed by atoms with Crippen molar-refractivity contribution in [2.45, 2.75) is 19.9 Å². The SMILES string of the molecule is CCNc1cc2nc(N3CCCOC3)n(Cc3ccccc3C#N)c(=O)c2s1. The highest BCUT2D eigenvalue weighted by atomic mass is 32.1. The van der Waals surface area contributed by atoms with E-state index in [0.29, 0.717) is 41.6 Å². The van der Waals surface area contributed by atoms with Crippen LogP contribution in [0.25, 0.3) is 10.2 Å². The molecule has 0 spiro atoms. The van der Waals surface area contributed by atoms with E-state index < -0.39 is 0 Å². The Hall–Kier alpha value is -2.89. The van der Waals surface area contributed by atoms with Crippen molar-refractivity contribution >= 4 is 32.5 Å². The van der Waals surface area contributed by atoms with E-state index in [9.17, 15) is 10.1 Å². The van der Waals surface area contributed by atoms with E-state index in [1.807, 2.05) is 36.1 Å². The molecule has 2 aromatic heterocycles. The number of rotatable bonds is 5. The van der Waals surface area contributed by atoms with E-state index in [-0.39, 0.29) is 5.56 Å². The van der Waals surface area contributed by atoms with Crippen molar-refractivity contribution in [1.29, 1.82) is 5.26 Å². The maximum atomic E-state index is 13.4. The summed E-state index contributed by atoms with van der Waals surface area (Å²) in [6.45, 7) is 4.99. The molecule has 28 heavy (non-hydrogen) atoms. The quantitative estimate of drug-likeness (QED) is 0.715. The van der Waals surface area contributed by atoms with Gasteiger partial charge in [0.1, 0.15) is 11.4 Å². The van der Waals surface area contributed by atoms with Gasteiger partial charge in [-0.3, -0.25) is 9.36 Å². The van der Waals surface area contributed by atoms with Gasteiger partial charge in [0.15, 0.2) is 0 Å². The number of benzene rings is 1. The Kier molecular flexibility index (Phi) is 5.28. The van der Waals surface area contributed by atoms with E-state index in [0.717, 1.165) is 30.1 Å². The number of hydrogen-bond donors (Lipinski definition) is 1. The molecule has 3 aromatic rings. The van der Waals surface area contributed by atoms with Crippen molar-refractivity contribution in [2.75, 3.05) is 36.6 Å². The summed E-state index contributed by atoms with van der Waals surface area (Å²) in [7, 11) is 0. The number of thiophene rings is 1. The molecule has 1 saturated heterocycles. The Morgan fingerprint density at radius 1 is 1.39 bits per heavy atom. The number of nitriles is 1. The molecule has 7 nitrogen and oxygen atoms in total. The van der Waals surface area contributed by atoms with Crippen LogP contribution in [0.15, 0.2) is 35.1 Å². The smallest absolute Gasteiger partial charge is 0.273 e. The summed E-state index contributed by atoms with van der Waals surface area (Å²) in [6, 6.07) is 11.5. The van der Waals surface area contributed by atoms with Gasteiger partial charge in [0.2, 0.25) is 5.95 Å². The second-order valence-corrected chi connectivity index (χ2v) is 7.63. The first-order valence-electron chi connectivity index (χ1n) is 9.30. The topological polar surface area (TPSA) is 83.2 Å². The third kappa shape index (κ3) is 3.46. The third-order valence-electron chi connectivity index (χ3n) is 4.68. The molecule has 1 aliphatic heterocycles. The lowest BCUT2D eigenvalue weighted by Crippen LogP contribution is -2.38. The molecule has 0 radical (unpaired) electrons. The summed E-state index contributed by atoms with van der Waals surface area (Å²) in [4.78, 5) is 20.2. The molecule has 0 unspecified atom stereocenters. The highest BCUT2D eigenvalue weighted by molar-refractivity contribution is 7.22. The van der Waals surface area contributed by atoms with Gasteiger partial charge in [0.05, 0.1) is 35.3 Å². The molecule has 0 amide bonds. The number of ether oxygens (including phenoxy) is 1. The zero-order valence-corrected chi connectivity index (χ0v) is 16.5. The zero-order valence-electron chi connectivity index (χ0n) is 15.6. The van der Waals surface area contributed by atoms with Crippen LogP contribution in [0.5, 0.6) is 0 Å². The maximum Gasteiger partial charge on any atom is 0.273 e. The molecule has 1 aliphatic rings. The lowest BCUT2D eigenvalue weighted by atomic mass is 10.1. The highest BCUT2D eigenvalue weighted by Crippen LogP contribution is 2.28. The lowest BCUT2D eigenvalue weighted by Gasteiger charge is -2.29. The number of fused-ring (bicyclic) bond motifs is 1. The molecule has 0 aliphatic carbocycles. The van der Waals surface area contributed by atoms with Gasteiger partial charge in [0, 0.05) is 13.1 Å². The fraction of sp³-hybridized carbons (Fsp3) is 0.350. The van der Waals surface area contributed by atoms with Crippen LogP contribution in [-0.4, -0.2) is 36.0 Å². The molecule has 144 valence electrons. The van der Waals surface area contributed by atoms with Crippen LogP contribution in [0, 0.1) is 11.3 Å². The van der Waals surface area contributed by atoms with Crippen LogP contribution < -0.4 is 15.8 Å². The molecule has 1 fully saturated rings. The number of hydrogen-bond acceptors (Lipinski definition) is 7. The standard InChI is InChI=1S/C20H21N5O2S/c1-2-22-17-10-16-18(28-17)19(26)25(12-15-7-4-3-6-14(15)11-21)20(23-16)24-8-5-9-27-13-24/h3-4,6-7,10,22H,2,5,8-9,12-13H2,1H3. The largest absolute Gasteiger partial charge is 0.377 e. The molecular weight excluding hydrogens is 374 g/mol. The Morgan fingerprint density at radius 2 is 2.25 bits per heavy atom. The fourth-order valence-corrected chi connectivity index (χ4v) is 4.35. The van der Waals surface area contributed by atoms with Crippen LogP contribution in [0.3, 0.4) is 0 Å². The van der Waals surface area contributed by atoms with Gasteiger partial charge < -0.3 is 15.0 Å². The normalized spacial score (nSPS) is 14.2. The van der Waals surface area contributed by atoms with Crippen molar-refractivity contribution in [3.8, 4) is 6.07 Å². The van der Waals surface area contributed by atoms with E-state index >= 15 is 0 Å². The monoisotopic (exact) mass is 395 g/mol. The summed E-state index contributed by atoms with van der Waals surface area (Å²) >= 11 is 1.42. The first-order chi connectivity index (χ1) is 13.7. The van der Waals surface area contributed by atoms with Gasteiger partial charge in [-0.1, -0.05) is 18.2 Å². The molecule has 8 heteroatoms. The fourth-order valence-electron chi connectivity index (χ4n) is 3.34. The van der Waals surface area contributed by atoms with Crippen LogP contribution in [-0.2, 0) is 11.3 Å². The van der Waals surface area contributed by atoms with Crippen LogP contribution >= 0.6 is 11.3 Å². The van der Waals surface area contributed by atoms with Crippen LogP contribution in [0.4, 0.5) is 10.9 Å². The van der Waals surface area contributed by atoms with E-state index in [4.69, 9.17) is 9.72 Å². The Bertz CT molecular complexity index is 1090. The van der Waals surface area contributed by atoms with E-state index in [1.54, 1.807) is 10.6 Å². The summed E-state index contributed by atoms with van der Waals surface area (Å²) < 4.78 is 7.87. The molecule has 0 atom stereocenters.